The van der Waals surface area contributed by atoms with Gasteiger partial charge in [-0.1, -0.05) is 17.3 Å². The molecule has 1 aromatic rings. The van der Waals surface area contributed by atoms with Crippen molar-refractivity contribution in [3.05, 3.63) is 11.1 Å². The van der Waals surface area contributed by atoms with Crippen LogP contribution in [0.3, 0.4) is 0 Å². The fourth-order valence-corrected chi connectivity index (χ4v) is 2.49. The summed E-state index contributed by atoms with van der Waals surface area (Å²) in [5, 5.41) is 5.92. The number of hydrogen-bond donors (Lipinski definition) is 0. The summed E-state index contributed by atoms with van der Waals surface area (Å²) in [6.07, 6.45) is 6.31. The van der Waals surface area contributed by atoms with Crippen molar-refractivity contribution in [1.29, 1.82) is 0 Å². The van der Waals surface area contributed by atoms with Crippen molar-refractivity contribution in [2.45, 2.75) is 32.1 Å². The Morgan fingerprint density at radius 3 is 2.85 bits per heavy atom. The summed E-state index contributed by atoms with van der Waals surface area (Å²) < 4.78 is 3.81. The molecule has 0 amide bonds. The van der Waals surface area contributed by atoms with E-state index in [2.05, 4.69) is 9.59 Å². The third-order valence-electron chi connectivity index (χ3n) is 2.79. The van der Waals surface area contributed by atoms with Gasteiger partial charge in [0.2, 0.25) is 0 Å². The Kier molecular flexibility index (Phi) is 2.40. The van der Waals surface area contributed by atoms with Crippen LogP contribution in [0.4, 0.5) is 0 Å². The van der Waals surface area contributed by atoms with Crippen LogP contribution in [-0.4, -0.2) is 15.9 Å². The molecule has 0 aliphatic heterocycles. The zero-order valence-electron chi connectivity index (χ0n) is 7.40. The molecule has 3 nitrogen and oxygen atoms in total. The molecule has 2 rings (SSSR count). The number of aldehydes is 1. The lowest BCUT2D eigenvalue weighted by Gasteiger charge is -2.19. The molecule has 0 unspecified atom stereocenters. The Bertz CT molecular complexity index is 278. The molecule has 0 aromatic carbocycles. The van der Waals surface area contributed by atoms with E-state index in [1.807, 2.05) is 5.38 Å². The SMILES string of the molecule is O=CC1(Cc2csnn2)CCCC1. The third-order valence-corrected chi connectivity index (χ3v) is 3.34. The Labute approximate surface area is 81.3 Å². The molecule has 1 aliphatic carbocycles. The van der Waals surface area contributed by atoms with Crippen molar-refractivity contribution in [3.63, 3.8) is 0 Å². The highest BCUT2D eigenvalue weighted by molar-refractivity contribution is 7.03. The van der Waals surface area contributed by atoms with Gasteiger partial charge in [-0.3, -0.25) is 0 Å². The Morgan fingerprint density at radius 1 is 1.54 bits per heavy atom. The average Bonchev–Trinajstić information content (AvgIpc) is 2.77. The Balaban J connectivity index is 2.10. The van der Waals surface area contributed by atoms with Gasteiger partial charge in [0, 0.05) is 17.2 Å². The standard InChI is InChI=1S/C9H12N2OS/c12-7-9(3-1-2-4-9)5-8-6-13-11-10-8/h6-7H,1-5H2. The lowest BCUT2D eigenvalue weighted by atomic mass is 9.83. The summed E-state index contributed by atoms with van der Waals surface area (Å²) in [4.78, 5) is 11.0. The van der Waals surface area contributed by atoms with Crippen LogP contribution in [0.25, 0.3) is 0 Å². The molecule has 0 atom stereocenters. The fraction of sp³-hybridized carbons (Fsp3) is 0.667. The van der Waals surface area contributed by atoms with E-state index in [1.54, 1.807) is 0 Å². The first-order chi connectivity index (χ1) is 6.35. The van der Waals surface area contributed by atoms with Crippen molar-refractivity contribution in [2.75, 3.05) is 0 Å². The number of aromatic nitrogens is 2. The van der Waals surface area contributed by atoms with Crippen molar-refractivity contribution in [1.82, 2.24) is 9.59 Å². The van der Waals surface area contributed by atoms with E-state index in [0.717, 1.165) is 31.2 Å². The van der Waals surface area contributed by atoms with Crippen LogP contribution in [0.5, 0.6) is 0 Å². The largest absolute Gasteiger partial charge is 0.303 e. The first kappa shape index (κ1) is 8.81. The molecule has 0 N–H and O–H groups in total. The van der Waals surface area contributed by atoms with Gasteiger partial charge in [0.25, 0.3) is 0 Å². The first-order valence-electron chi connectivity index (χ1n) is 4.57. The van der Waals surface area contributed by atoms with Gasteiger partial charge in [0.1, 0.15) is 6.29 Å². The maximum Gasteiger partial charge on any atom is 0.126 e. The summed E-state index contributed by atoms with van der Waals surface area (Å²) in [5.41, 5.74) is 0.856. The molecule has 4 heteroatoms. The highest BCUT2D eigenvalue weighted by atomic mass is 32.1. The predicted octanol–water partition coefficient (Wildman–Crippen LogP) is 1.84. The first-order valence-corrected chi connectivity index (χ1v) is 5.41. The van der Waals surface area contributed by atoms with Crippen molar-refractivity contribution in [3.8, 4) is 0 Å². The van der Waals surface area contributed by atoms with E-state index in [4.69, 9.17) is 0 Å². The molecule has 1 saturated carbocycles. The van der Waals surface area contributed by atoms with Gasteiger partial charge in [0.05, 0.1) is 5.69 Å². The number of carbonyl (C=O) groups is 1. The topological polar surface area (TPSA) is 42.9 Å². The van der Waals surface area contributed by atoms with Gasteiger partial charge in [-0.25, -0.2) is 0 Å². The predicted molar refractivity (Wildman–Crippen MR) is 50.6 cm³/mol. The summed E-state index contributed by atoms with van der Waals surface area (Å²) >= 11 is 1.36. The Hall–Kier alpha value is -0.770. The van der Waals surface area contributed by atoms with E-state index < -0.39 is 0 Å². The minimum absolute atomic E-state index is 0.115. The summed E-state index contributed by atoms with van der Waals surface area (Å²) in [6, 6.07) is 0. The minimum atomic E-state index is -0.115. The highest BCUT2D eigenvalue weighted by Gasteiger charge is 2.34. The maximum atomic E-state index is 11.0. The number of carbonyl (C=O) groups excluding carboxylic acids is 1. The van der Waals surface area contributed by atoms with Crippen LogP contribution in [0.2, 0.25) is 0 Å². The maximum absolute atomic E-state index is 11.0. The minimum Gasteiger partial charge on any atom is -0.303 e. The Morgan fingerprint density at radius 2 is 2.31 bits per heavy atom. The van der Waals surface area contributed by atoms with Gasteiger partial charge in [0.15, 0.2) is 0 Å². The van der Waals surface area contributed by atoms with Crippen LogP contribution in [0.1, 0.15) is 31.4 Å². The third kappa shape index (κ3) is 1.77. The monoisotopic (exact) mass is 196 g/mol. The smallest absolute Gasteiger partial charge is 0.126 e. The molecule has 0 bridgehead atoms. The van der Waals surface area contributed by atoms with Crippen LogP contribution in [0, 0.1) is 5.41 Å². The van der Waals surface area contributed by atoms with Crippen LogP contribution < -0.4 is 0 Å². The number of rotatable bonds is 3. The lowest BCUT2D eigenvalue weighted by molar-refractivity contribution is -0.116. The normalized spacial score (nSPS) is 20.3. The van der Waals surface area contributed by atoms with E-state index >= 15 is 0 Å². The van der Waals surface area contributed by atoms with Crippen molar-refractivity contribution >= 4 is 17.8 Å². The lowest BCUT2D eigenvalue weighted by Crippen LogP contribution is -2.21. The molecule has 13 heavy (non-hydrogen) atoms. The summed E-state index contributed by atoms with van der Waals surface area (Å²) in [7, 11) is 0. The summed E-state index contributed by atoms with van der Waals surface area (Å²) in [5.74, 6) is 0. The highest BCUT2D eigenvalue weighted by Crippen LogP contribution is 2.38. The number of nitrogens with zero attached hydrogens (tertiary/aromatic N) is 2. The molecule has 1 heterocycles. The van der Waals surface area contributed by atoms with Gasteiger partial charge in [-0.05, 0) is 24.4 Å². The van der Waals surface area contributed by atoms with Gasteiger partial charge >= 0.3 is 0 Å². The summed E-state index contributed by atoms with van der Waals surface area (Å²) in [6.45, 7) is 0. The molecular weight excluding hydrogens is 184 g/mol. The molecule has 1 aromatic heterocycles. The molecule has 0 saturated heterocycles. The van der Waals surface area contributed by atoms with Crippen LogP contribution >= 0.6 is 11.5 Å². The zero-order chi connectivity index (χ0) is 9.15. The van der Waals surface area contributed by atoms with Crippen molar-refractivity contribution in [2.24, 2.45) is 5.41 Å². The number of hydrogen-bond acceptors (Lipinski definition) is 4. The second-order valence-electron chi connectivity index (χ2n) is 3.76. The second kappa shape index (κ2) is 3.54. The molecular formula is C9H12N2OS. The fourth-order valence-electron chi connectivity index (χ4n) is 2.04. The molecule has 1 fully saturated rings. The van der Waals surface area contributed by atoms with E-state index in [0.29, 0.717) is 0 Å². The van der Waals surface area contributed by atoms with E-state index in [1.165, 1.54) is 24.4 Å². The zero-order valence-corrected chi connectivity index (χ0v) is 8.22. The van der Waals surface area contributed by atoms with Crippen LogP contribution in [-0.2, 0) is 11.2 Å². The van der Waals surface area contributed by atoms with Gasteiger partial charge in [-0.2, -0.15) is 0 Å². The van der Waals surface area contributed by atoms with Crippen LogP contribution in [0.15, 0.2) is 5.38 Å². The van der Waals surface area contributed by atoms with Gasteiger partial charge < -0.3 is 4.79 Å². The molecule has 0 radical (unpaired) electrons. The second-order valence-corrected chi connectivity index (χ2v) is 4.37. The quantitative estimate of drug-likeness (QED) is 0.693. The molecule has 0 spiro atoms. The molecule has 1 aliphatic rings. The van der Waals surface area contributed by atoms with E-state index in [9.17, 15) is 4.79 Å². The van der Waals surface area contributed by atoms with E-state index in [-0.39, 0.29) is 5.41 Å². The van der Waals surface area contributed by atoms with Crippen molar-refractivity contribution < 1.29 is 4.79 Å². The molecule has 70 valence electrons. The average molecular weight is 196 g/mol. The van der Waals surface area contributed by atoms with Gasteiger partial charge in [-0.15, -0.1) is 5.10 Å².